The molecule has 1 fully saturated rings. The van der Waals surface area contributed by atoms with Crippen molar-refractivity contribution in [2.45, 2.75) is 31.8 Å². The molecule has 39 heavy (non-hydrogen) atoms. The maximum Gasteiger partial charge on any atom is 0.141 e. The number of para-hydroxylation sites is 2. The van der Waals surface area contributed by atoms with Crippen LogP contribution in [0.1, 0.15) is 41.3 Å². The van der Waals surface area contributed by atoms with E-state index < -0.39 is 0 Å². The van der Waals surface area contributed by atoms with Gasteiger partial charge in [0, 0.05) is 29.3 Å². The minimum Gasteiger partial charge on any atom is -0.342 e. The molecule has 2 aliphatic heterocycles. The Kier molecular flexibility index (Phi) is 6.17. The molecule has 4 aromatic carbocycles. The number of halogens is 1. The number of imidazole rings is 1. The molecule has 194 valence electrons. The number of likely N-dealkylation sites (tertiary alicyclic amines) is 1. The van der Waals surface area contributed by atoms with Crippen LogP contribution in [0.2, 0.25) is 0 Å². The molecule has 2 aliphatic rings. The average Bonchev–Trinajstić information content (AvgIpc) is 3.42. The smallest absolute Gasteiger partial charge is 0.141 e. The molecular weight excluding hydrogens is 485 g/mol. The van der Waals surface area contributed by atoms with Gasteiger partial charge in [-0.3, -0.25) is 4.90 Å². The number of aliphatic imine (C=N–C) groups is 1. The fraction of sp³-hybridized carbons (Fsp3) is 0.212. The standard InChI is InChI=1S/C33H30FN5/c34-27-12-15-29-26(20-27)22-39(33(37-29)25-6-2-1-3-7-25)28-13-10-23(11-14-28)21-38-18-16-24(17-19-38)32-35-30-8-4-5-9-31(30)36-32/h1-15,20,24H,16-19,21-22H2,(H,35,36). The summed E-state index contributed by atoms with van der Waals surface area (Å²) < 4.78 is 14.0. The van der Waals surface area contributed by atoms with Gasteiger partial charge in [-0.1, -0.05) is 54.6 Å². The van der Waals surface area contributed by atoms with Crippen molar-refractivity contribution in [3.8, 4) is 0 Å². The summed E-state index contributed by atoms with van der Waals surface area (Å²) >= 11 is 0. The normalized spacial score (nSPS) is 16.3. The Morgan fingerprint density at radius 2 is 1.62 bits per heavy atom. The van der Waals surface area contributed by atoms with Crippen LogP contribution in [0.3, 0.4) is 0 Å². The first-order valence-corrected chi connectivity index (χ1v) is 13.7. The Morgan fingerprint density at radius 1 is 0.846 bits per heavy atom. The number of nitrogens with one attached hydrogen (secondary N) is 1. The number of piperidine rings is 1. The van der Waals surface area contributed by atoms with E-state index in [0.717, 1.165) is 77.7 Å². The second-order valence-electron chi connectivity index (χ2n) is 10.5. The van der Waals surface area contributed by atoms with Crippen LogP contribution < -0.4 is 4.90 Å². The van der Waals surface area contributed by atoms with Gasteiger partial charge in [0.25, 0.3) is 0 Å². The molecule has 0 spiro atoms. The minimum atomic E-state index is -0.230. The number of aromatic amines is 1. The number of hydrogen-bond acceptors (Lipinski definition) is 4. The first-order valence-electron chi connectivity index (χ1n) is 13.7. The third-order valence-corrected chi connectivity index (χ3v) is 7.92. The molecule has 7 rings (SSSR count). The highest BCUT2D eigenvalue weighted by molar-refractivity contribution is 6.12. The third kappa shape index (κ3) is 4.84. The van der Waals surface area contributed by atoms with Gasteiger partial charge in [-0.05, 0) is 74.0 Å². The maximum atomic E-state index is 14.0. The second kappa shape index (κ2) is 10.1. The molecule has 1 aromatic heterocycles. The maximum absolute atomic E-state index is 14.0. The van der Waals surface area contributed by atoms with Gasteiger partial charge in [0.1, 0.15) is 17.5 Å². The van der Waals surface area contributed by atoms with E-state index >= 15 is 0 Å². The summed E-state index contributed by atoms with van der Waals surface area (Å²) in [6, 6.07) is 32.1. The third-order valence-electron chi connectivity index (χ3n) is 7.92. The van der Waals surface area contributed by atoms with Crippen LogP contribution in [0, 0.1) is 5.82 Å². The quantitative estimate of drug-likeness (QED) is 0.270. The molecule has 6 heteroatoms. The van der Waals surface area contributed by atoms with Crippen LogP contribution in [-0.2, 0) is 13.1 Å². The number of H-pyrrole nitrogens is 1. The Balaban J connectivity index is 1.05. The van der Waals surface area contributed by atoms with E-state index in [0.29, 0.717) is 12.5 Å². The van der Waals surface area contributed by atoms with Gasteiger partial charge in [0.05, 0.1) is 23.3 Å². The van der Waals surface area contributed by atoms with Crippen LogP contribution in [0.4, 0.5) is 15.8 Å². The summed E-state index contributed by atoms with van der Waals surface area (Å²) in [5.41, 5.74) is 7.29. The highest BCUT2D eigenvalue weighted by atomic mass is 19.1. The van der Waals surface area contributed by atoms with E-state index in [4.69, 9.17) is 9.98 Å². The Labute approximate surface area is 227 Å². The lowest BCUT2D eigenvalue weighted by Crippen LogP contribution is -2.34. The second-order valence-corrected chi connectivity index (χ2v) is 10.5. The number of aromatic nitrogens is 2. The molecule has 0 saturated carbocycles. The van der Waals surface area contributed by atoms with Crippen LogP contribution in [0.25, 0.3) is 11.0 Å². The highest BCUT2D eigenvalue weighted by Gasteiger charge is 2.25. The summed E-state index contributed by atoms with van der Waals surface area (Å²) in [5.74, 6) is 2.26. The van der Waals surface area contributed by atoms with Crippen molar-refractivity contribution in [2.75, 3.05) is 18.0 Å². The topological polar surface area (TPSA) is 47.5 Å². The molecule has 5 aromatic rings. The number of rotatable bonds is 5. The lowest BCUT2D eigenvalue weighted by Gasteiger charge is -2.32. The van der Waals surface area contributed by atoms with Gasteiger partial charge < -0.3 is 9.88 Å². The van der Waals surface area contributed by atoms with E-state index in [1.54, 1.807) is 12.1 Å². The molecule has 3 heterocycles. The minimum absolute atomic E-state index is 0.230. The molecule has 0 radical (unpaired) electrons. The number of benzene rings is 4. The highest BCUT2D eigenvalue weighted by Crippen LogP contribution is 2.33. The summed E-state index contributed by atoms with van der Waals surface area (Å²) in [7, 11) is 0. The molecule has 0 bridgehead atoms. The van der Waals surface area contributed by atoms with Crippen LogP contribution in [0.5, 0.6) is 0 Å². The Hall–Kier alpha value is -4.29. The van der Waals surface area contributed by atoms with Crippen LogP contribution in [-0.4, -0.2) is 33.8 Å². The summed E-state index contributed by atoms with van der Waals surface area (Å²) in [6.07, 6.45) is 2.22. The fourth-order valence-electron chi connectivity index (χ4n) is 5.80. The number of fused-ring (bicyclic) bond motifs is 2. The first-order chi connectivity index (χ1) is 19.2. The molecule has 1 N–H and O–H groups in total. The zero-order chi connectivity index (χ0) is 26.2. The van der Waals surface area contributed by atoms with Crippen molar-refractivity contribution in [3.63, 3.8) is 0 Å². The molecular formula is C33H30FN5. The van der Waals surface area contributed by atoms with Crippen molar-refractivity contribution in [1.82, 2.24) is 14.9 Å². The number of anilines is 1. The van der Waals surface area contributed by atoms with Crippen molar-refractivity contribution < 1.29 is 4.39 Å². The van der Waals surface area contributed by atoms with E-state index in [-0.39, 0.29) is 5.82 Å². The number of nitrogens with zero attached hydrogens (tertiary/aromatic N) is 4. The van der Waals surface area contributed by atoms with Crippen LogP contribution >= 0.6 is 0 Å². The van der Waals surface area contributed by atoms with E-state index in [2.05, 4.69) is 69.4 Å². The number of hydrogen-bond donors (Lipinski definition) is 1. The van der Waals surface area contributed by atoms with Gasteiger partial charge in [0.2, 0.25) is 0 Å². The molecule has 1 saturated heterocycles. The van der Waals surface area contributed by atoms with Crippen LogP contribution in [0.15, 0.2) is 102 Å². The molecule has 0 unspecified atom stereocenters. The van der Waals surface area contributed by atoms with Crippen molar-refractivity contribution in [1.29, 1.82) is 0 Å². The molecule has 5 nitrogen and oxygen atoms in total. The first kappa shape index (κ1) is 23.8. The number of amidine groups is 1. The summed E-state index contributed by atoms with van der Waals surface area (Å²) in [4.78, 5) is 18.0. The SMILES string of the molecule is Fc1ccc2c(c1)CN(c1ccc(CN3CCC(c4nc5ccccc5[nH]4)CC3)cc1)C(c1ccccc1)=N2. The molecule has 0 aliphatic carbocycles. The Morgan fingerprint density at radius 3 is 2.41 bits per heavy atom. The lowest BCUT2D eigenvalue weighted by molar-refractivity contribution is 0.202. The van der Waals surface area contributed by atoms with Crippen molar-refractivity contribution in [2.24, 2.45) is 4.99 Å². The fourth-order valence-corrected chi connectivity index (χ4v) is 5.80. The molecule has 0 amide bonds. The predicted octanol–water partition coefficient (Wildman–Crippen LogP) is 7.18. The Bertz CT molecular complexity index is 1600. The van der Waals surface area contributed by atoms with Gasteiger partial charge in [0.15, 0.2) is 0 Å². The van der Waals surface area contributed by atoms with E-state index in [1.165, 1.54) is 11.6 Å². The van der Waals surface area contributed by atoms with Gasteiger partial charge in [-0.2, -0.15) is 0 Å². The zero-order valence-electron chi connectivity index (χ0n) is 21.7. The summed E-state index contributed by atoms with van der Waals surface area (Å²) in [6.45, 7) is 3.63. The lowest BCUT2D eigenvalue weighted by atomic mass is 9.96. The molecule has 0 atom stereocenters. The van der Waals surface area contributed by atoms with Crippen molar-refractivity contribution in [3.05, 3.63) is 125 Å². The van der Waals surface area contributed by atoms with Gasteiger partial charge in [-0.15, -0.1) is 0 Å². The van der Waals surface area contributed by atoms with Gasteiger partial charge in [-0.25, -0.2) is 14.4 Å². The average molecular weight is 516 g/mol. The largest absolute Gasteiger partial charge is 0.342 e. The van der Waals surface area contributed by atoms with E-state index in [9.17, 15) is 4.39 Å². The predicted molar refractivity (Wildman–Crippen MR) is 155 cm³/mol. The summed E-state index contributed by atoms with van der Waals surface area (Å²) in [5, 5.41) is 0. The zero-order valence-corrected chi connectivity index (χ0v) is 21.7. The van der Waals surface area contributed by atoms with E-state index in [1.807, 2.05) is 24.3 Å². The van der Waals surface area contributed by atoms with Crippen molar-refractivity contribution >= 4 is 28.2 Å². The monoisotopic (exact) mass is 515 g/mol. The van der Waals surface area contributed by atoms with Gasteiger partial charge >= 0.3 is 0 Å².